The summed E-state index contributed by atoms with van der Waals surface area (Å²) in [4.78, 5) is 27.3. The first-order valence-corrected chi connectivity index (χ1v) is 5.71. The van der Waals surface area contributed by atoms with Crippen LogP contribution < -0.4 is 5.32 Å². The highest BCUT2D eigenvalue weighted by molar-refractivity contribution is 5.94. The second kappa shape index (κ2) is 5.20. The van der Waals surface area contributed by atoms with Crippen LogP contribution in [0.2, 0.25) is 0 Å². The Morgan fingerprint density at radius 1 is 1.44 bits per heavy atom. The van der Waals surface area contributed by atoms with Crippen LogP contribution in [0.25, 0.3) is 0 Å². The highest BCUT2D eigenvalue weighted by Gasteiger charge is 2.23. The van der Waals surface area contributed by atoms with Gasteiger partial charge in [0.05, 0.1) is 6.33 Å². The Bertz CT molecular complexity index is 446. The lowest BCUT2D eigenvalue weighted by Gasteiger charge is -2.22. The monoisotopic (exact) mass is 253 g/mol. The highest BCUT2D eigenvalue weighted by atomic mass is 16.6. The summed E-state index contributed by atoms with van der Waals surface area (Å²) < 4.78 is 6.82. The molecule has 0 spiro atoms. The molecule has 18 heavy (non-hydrogen) atoms. The molecule has 1 rings (SSSR count). The molecule has 6 nitrogen and oxygen atoms in total. The zero-order valence-corrected chi connectivity index (χ0v) is 11.4. The first-order valence-electron chi connectivity index (χ1n) is 5.71. The molecular weight excluding hydrogens is 234 g/mol. The number of nitrogens with one attached hydrogen (secondary N) is 1. The lowest BCUT2D eigenvalue weighted by molar-refractivity contribution is -0.156. The van der Waals surface area contributed by atoms with Crippen LogP contribution in [0, 0.1) is 0 Å². The van der Waals surface area contributed by atoms with Gasteiger partial charge in [0.25, 0.3) is 5.91 Å². The quantitative estimate of drug-likeness (QED) is 0.812. The molecule has 100 valence electrons. The summed E-state index contributed by atoms with van der Waals surface area (Å²) >= 11 is 0. The number of carbonyl (C=O) groups is 2. The Morgan fingerprint density at radius 3 is 2.50 bits per heavy atom. The normalized spacial score (nSPS) is 12.9. The summed E-state index contributed by atoms with van der Waals surface area (Å²) in [5, 5.41) is 2.54. The van der Waals surface area contributed by atoms with E-state index in [0.717, 1.165) is 0 Å². The first kappa shape index (κ1) is 14.2. The Morgan fingerprint density at radius 2 is 2.06 bits per heavy atom. The Labute approximate surface area is 106 Å². The number of hydrogen-bond acceptors (Lipinski definition) is 4. The Kier molecular flexibility index (Phi) is 4.11. The molecule has 1 atom stereocenters. The molecule has 1 aromatic heterocycles. The smallest absolute Gasteiger partial charge is 0.328 e. The molecule has 1 amide bonds. The van der Waals surface area contributed by atoms with Crippen LogP contribution in [0.15, 0.2) is 12.5 Å². The number of hydrogen-bond donors (Lipinski definition) is 1. The van der Waals surface area contributed by atoms with Gasteiger partial charge in [-0.25, -0.2) is 9.78 Å². The van der Waals surface area contributed by atoms with Crippen molar-refractivity contribution in [1.82, 2.24) is 14.9 Å². The van der Waals surface area contributed by atoms with E-state index in [2.05, 4.69) is 10.3 Å². The van der Waals surface area contributed by atoms with Gasteiger partial charge in [0.15, 0.2) is 0 Å². The van der Waals surface area contributed by atoms with Gasteiger partial charge >= 0.3 is 5.97 Å². The molecular formula is C12H19N3O3. The third kappa shape index (κ3) is 4.20. The fourth-order valence-electron chi connectivity index (χ4n) is 1.25. The van der Waals surface area contributed by atoms with Crippen LogP contribution in [0.4, 0.5) is 0 Å². The van der Waals surface area contributed by atoms with Gasteiger partial charge in [-0.05, 0) is 27.7 Å². The topological polar surface area (TPSA) is 73.2 Å². The number of aryl methyl sites for hydroxylation is 1. The second-order valence-corrected chi connectivity index (χ2v) is 5.15. The van der Waals surface area contributed by atoms with E-state index in [-0.39, 0.29) is 5.69 Å². The minimum Gasteiger partial charge on any atom is -0.458 e. The number of esters is 1. The van der Waals surface area contributed by atoms with Gasteiger partial charge in [0, 0.05) is 13.2 Å². The molecule has 0 saturated heterocycles. The number of imidazole rings is 1. The highest BCUT2D eigenvalue weighted by Crippen LogP contribution is 2.08. The summed E-state index contributed by atoms with van der Waals surface area (Å²) in [5.41, 5.74) is -0.297. The van der Waals surface area contributed by atoms with Gasteiger partial charge in [0.2, 0.25) is 0 Å². The van der Waals surface area contributed by atoms with Gasteiger partial charge in [-0.3, -0.25) is 4.79 Å². The molecule has 0 aromatic carbocycles. The third-order valence-corrected chi connectivity index (χ3v) is 2.05. The van der Waals surface area contributed by atoms with Gasteiger partial charge < -0.3 is 14.6 Å². The number of amides is 1. The summed E-state index contributed by atoms with van der Waals surface area (Å²) in [6.45, 7) is 6.91. The molecule has 0 aliphatic carbocycles. The third-order valence-electron chi connectivity index (χ3n) is 2.05. The van der Waals surface area contributed by atoms with E-state index in [1.54, 1.807) is 45.5 Å². The number of aromatic nitrogens is 2. The molecule has 0 aliphatic rings. The van der Waals surface area contributed by atoms with Crippen molar-refractivity contribution in [1.29, 1.82) is 0 Å². The molecule has 1 N–H and O–H groups in total. The van der Waals surface area contributed by atoms with Crippen molar-refractivity contribution in [2.24, 2.45) is 7.05 Å². The average Bonchev–Trinajstić information content (AvgIpc) is 2.62. The van der Waals surface area contributed by atoms with Gasteiger partial charge in [0.1, 0.15) is 17.3 Å². The van der Waals surface area contributed by atoms with Crippen LogP contribution >= 0.6 is 0 Å². The van der Waals surface area contributed by atoms with E-state index >= 15 is 0 Å². The van der Waals surface area contributed by atoms with Crippen molar-refractivity contribution in [3.63, 3.8) is 0 Å². The Hall–Kier alpha value is -1.85. The molecule has 0 unspecified atom stereocenters. The van der Waals surface area contributed by atoms with Gasteiger partial charge in [-0.2, -0.15) is 0 Å². The summed E-state index contributed by atoms with van der Waals surface area (Å²) in [5.74, 6) is -0.860. The molecule has 0 radical (unpaired) electrons. The van der Waals surface area contributed by atoms with Crippen LogP contribution in [0.5, 0.6) is 0 Å². The van der Waals surface area contributed by atoms with Crippen molar-refractivity contribution >= 4 is 11.9 Å². The maximum absolute atomic E-state index is 11.7. The van der Waals surface area contributed by atoms with E-state index < -0.39 is 23.5 Å². The fourth-order valence-corrected chi connectivity index (χ4v) is 1.25. The predicted octanol–water partition coefficient (Wildman–Crippen LogP) is 0.880. The first-order chi connectivity index (χ1) is 8.19. The van der Waals surface area contributed by atoms with Crippen molar-refractivity contribution in [3.05, 3.63) is 18.2 Å². The lowest BCUT2D eigenvalue weighted by Crippen LogP contribution is -2.42. The minimum absolute atomic E-state index is 0.271. The van der Waals surface area contributed by atoms with Crippen molar-refractivity contribution in [2.75, 3.05) is 0 Å². The number of ether oxygens (including phenoxy) is 1. The molecule has 1 heterocycles. The summed E-state index contributed by atoms with van der Waals surface area (Å²) in [7, 11) is 1.76. The van der Waals surface area contributed by atoms with Crippen molar-refractivity contribution < 1.29 is 14.3 Å². The number of nitrogens with zero attached hydrogens (tertiary/aromatic N) is 2. The molecule has 0 saturated carbocycles. The van der Waals surface area contributed by atoms with E-state index in [4.69, 9.17) is 4.74 Å². The maximum Gasteiger partial charge on any atom is 0.328 e. The Balaban J connectivity index is 2.57. The van der Waals surface area contributed by atoms with Crippen molar-refractivity contribution in [3.8, 4) is 0 Å². The molecule has 6 heteroatoms. The van der Waals surface area contributed by atoms with Gasteiger partial charge in [-0.15, -0.1) is 0 Å². The zero-order valence-electron chi connectivity index (χ0n) is 11.4. The van der Waals surface area contributed by atoms with Crippen LogP contribution in [0.3, 0.4) is 0 Å². The van der Waals surface area contributed by atoms with E-state index in [9.17, 15) is 9.59 Å². The molecule has 1 aromatic rings. The number of rotatable bonds is 3. The van der Waals surface area contributed by atoms with Crippen LogP contribution in [-0.2, 0) is 16.6 Å². The maximum atomic E-state index is 11.7. The fraction of sp³-hybridized carbons (Fsp3) is 0.583. The average molecular weight is 253 g/mol. The summed E-state index contributed by atoms with van der Waals surface area (Å²) in [6.07, 6.45) is 3.10. The largest absolute Gasteiger partial charge is 0.458 e. The van der Waals surface area contributed by atoms with E-state index in [0.29, 0.717) is 0 Å². The van der Waals surface area contributed by atoms with Crippen LogP contribution in [-0.4, -0.2) is 33.1 Å². The molecule has 0 aliphatic heterocycles. The predicted molar refractivity (Wildman–Crippen MR) is 66.0 cm³/mol. The van der Waals surface area contributed by atoms with Crippen LogP contribution in [0.1, 0.15) is 38.2 Å². The van der Waals surface area contributed by atoms with E-state index in [1.165, 1.54) is 6.33 Å². The zero-order chi connectivity index (χ0) is 13.9. The standard InChI is InChI=1S/C12H19N3O3/c1-8(11(17)18-12(2,3)4)14-10(16)9-6-15(5)7-13-9/h6-8H,1-5H3,(H,14,16)/t8-/m0/s1. The van der Waals surface area contributed by atoms with E-state index in [1.807, 2.05) is 0 Å². The summed E-state index contributed by atoms with van der Waals surface area (Å²) in [6, 6.07) is -0.710. The number of carbonyl (C=O) groups excluding carboxylic acids is 2. The molecule has 0 bridgehead atoms. The molecule has 0 fully saturated rings. The van der Waals surface area contributed by atoms with Crippen molar-refractivity contribution in [2.45, 2.75) is 39.3 Å². The van der Waals surface area contributed by atoms with Gasteiger partial charge in [-0.1, -0.05) is 0 Å². The minimum atomic E-state index is -0.710. The lowest BCUT2D eigenvalue weighted by atomic mass is 10.2. The SMILES string of the molecule is C[C@H](NC(=O)c1cn(C)cn1)C(=O)OC(C)(C)C. The second-order valence-electron chi connectivity index (χ2n) is 5.15.